The molecule has 0 aliphatic rings. The molecule has 0 saturated carbocycles. The fourth-order valence-electron chi connectivity index (χ4n) is 3.21. The maximum atomic E-state index is 6.15. The van der Waals surface area contributed by atoms with Gasteiger partial charge in [-0.1, -0.05) is 84.6 Å². The Balaban J connectivity index is 2.49. The van der Waals surface area contributed by atoms with Gasteiger partial charge in [-0.15, -0.1) is 0 Å². The van der Waals surface area contributed by atoms with E-state index in [0.717, 1.165) is 50.6 Å². The molecule has 0 fully saturated rings. The van der Waals surface area contributed by atoms with Gasteiger partial charge in [-0.05, 0) is 31.9 Å². The van der Waals surface area contributed by atoms with Gasteiger partial charge in [0.15, 0.2) is 0 Å². The second kappa shape index (κ2) is 17.8. The Labute approximate surface area is 174 Å². The minimum atomic E-state index is 0.798. The average Bonchev–Trinajstić information content (AvgIpc) is 2.71. The highest BCUT2D eigenvalue weighted by Crippen LogP contribution is 2.26. The van der Waals surface area contributed by atoms with Gasteiger partial charge in [0.05, 0.1) is 13.2 Å². The summed E-state index contributed by atoms with van der Waals surface area (Å²) in [5, 5.41) is 3.53. The van der Waals surface area contributed by atoms with Gasteiger partial charge in [0.25, 0.3) is 0 Å². The molecule has 0 bridgehead atoms. The summed E-state index contributed by atoms with van der Waals surface area (Å²) in [6.07, 6.45) is 15.1. The Morgan fingerprint density at radius 1 is 0.679 bits per heavy atom. The predicted octanol–water partition coefficient (Wildman–Crippen LogP) is 7.27. The van der Waals surface area contributed by atoms with Crippen LogP contribution < -0.4 is 14.8 Å². The molecular weight excluding hydrogens is 346 g/mol. The van der Waals surface area contributed by atoms with Gasteiger partial charge in [-0.25, -0.2) is 0 Å². The van der Waals surface area contributed by atoms with Gasteiger partial charge in [0, 0.05) is 18.2 Å². The van der Waals surface area contributed by atoms with Crippen LogP contribution in [0.5, 0.6) is 11.5 Å². The van der Waals surface area contributed by atoms with Crippen molar-refractivity contribution in [2.24, 2.45) is 0 Å². The van der Waals surface area contributed by atoms with E-state index in [1.165, 1.54) is 69.8 Å². The zero-order chi connectivity index (χ0) is 20.3. The minimum Gasteiger partial charge on any atom is -0.493 e. The van der Waals surface area contributed by atoms with Crippen molar-refractivity contribution in [3.63, 3.8) is 0 Å². The van der Waals surface area contributed by atoms with Crippen LogP contribution in [-0.2, 0) is 6.54 Å². The first kappa shape index (κ1) is 24.8. The lowest BCUT2D eigenvalue weighted by atomic mass is 10.1. The van der Waals surface area contributed by atoms with Crippen molar-refractivity contribution in [1.29, 1.82) is 0 Å². The van der Waals surface area contributed by atoms with E-state index in [0.29, 0.717) is 0 Å². The van der Waals surface area contributed by atoms with E-state index in [4.69, 9.17) is 9.47 Å². The molecule has 3 nitrogen and oxygen atoms in total. The molecule has 1 aromatic rings. The zero-order valence-corrected chi connectivity index (χ0v) is 18.9. The standard InChI is InChI=1S/C25H45NO2/c1-4-7-10-12-14-19-27-24-17-16-23(22-26-18-9-6-3)25(21-24)28-20-15-13-11-8-5-2/h16-17,21,26H,4-15,18-20,22H2,1-3H3. The number of benzene rings is 1. The molecule has 0 spiro atoms. The Hall–Kier alpha value is -1.22. The van der Waals surface area contributed by atoms with Crippen LogP contribution in [0, 0.1) is 0 Å². The summed E-state index contributed by atoms with van der Waals surface area (Å²) in [7, 11) is 0. The normalized spacial score (nSPS) is 11.0. The third-order valence-corrected chi connectivity index (χ3v) is 5.08. The van der Waals surface area contributed by atoms with E-state index in [-0.39, 0.29) is 0 Å². The van der Waals surface area contributed by atoms with Gasteiger partial charge in [-0.3, -0.25) is 0 Å². The summed E-state index contributed by atoms with van der Waals surface area (Å²) < 4.78 is 12.1. The Morgan fingerprint density at radius 2 is 1.29 bits per heavy atom. The molecule has 3 heteroatoms. The summed E-state index contributed by atoms with van der Waals surface area (Å²) in [5.41, 5.74) is 1.24. The van der Waals surface area contributed by atoms with E-state index in [2.05, 4.69) is 44.3 Å². The third-order valence-electron chi connectivity index (χ3n) is 5.08. The van der Waals surface area contributed by atoms with E-state index < -0.39 is 0 Å². The maximum Gasteiger partial charge on any atom is 0.127 e. The predicted molar refractivity (Wildman–Crippen MR) is 122 cm³/mol. The molecule has 0 aliphatic carbocycles. The number of ether oxygens (including phenoxy) is 2. The second-order valence-corrected chi connectivity index (χ2v) is 7.83. The molecule has 162 valence electrons. The van der Waals surface area contributed by atoms with Crippen molar-refractivity contribution >= 4 is 0 Å². The maximum absolute atomic E-state index is 6.15. The first-order valence-corrected chi connectivity index (χ1v) is 11.9. The molecule has 1 aromatic carbocycles. The lowest BCUT2D eigenvalue weighted by molar-refractivity contribution is 0.287. The molecule has 0 unspecified atom stereocenters. The van der Waals surface area contributed by atoms with Gasteiger partial charge in [0.2, 0.25) is 0 Å². The smallest absolute Gasteiger partial charge is 0.127 e. The quantitative estimate of drug-likeness (QED) is 0.251. The molecule has 0 atom stereocenters. The largest absolute Gasteiger partial charge is 0.493 e. The van der Waals surface area contributed by atoms with Crippen LogP contribution >= 0.6 is 0 Å². The van der Waals surface area contributed by atoms with Crippen LogP contribution in [-0.4, -0.2) is 19.8 Å². The number of hydrogen-bond acceptors (Lipinski definition) is 3. The highest BCUT2D eigenvalue weighted by atomic mass is 16.5. The third kappa shape index (κ3) is 12.3. The van der Waals surface area contributed by atoms with Crippen LogP contribution in [0.1, 0.15) is 103 Å². The summed E-state index contributed by atoms with van der Waals surface area (Å²) in [4.78, 5) is 0. The SMILES string of the molecule is CCCCCCCOc1ccc(CNCCCC)c(OCCCCCCC)c1. The Kier molecular flexibility index (Phi) is 15.8. The first-order valence-electron chi connectivity index (χ1n) is 11.9. The molecule has 0 heterocycles. The highest BCUT2D eigenvalue weighted by Gasteiger charge is 2.07. The van der Waals surface area contributed by atoms with Crippen molar-refractivity contribution in [2.45, 2.75) is 104 Å². The molecule has 1 N–H and O–H groups in total. The molecule has 1 rings (SSSR count). The number of nitrogens with one attached hydrogen (secondary N) is 1. The molecule has 0 radical (unpaired) electrons. The zero-order valence-electron chi connectivity index (χ0n) is 18.9. The van der Waals surface area contributed by atoms with Crippen LogP contribution in [0.25, 0.3) is 0 Å². The second-order valence-electron chi connectivity index (χ2n) is 7.83. The monoisotopic (exact) mass is 391 g/mol. The van der Waals surface area contributed by atoms with Crippen LogP contribution in [0.4, 0.5) is 0 Å². The molecule has 28 heavy (non-hydrogen) atoms. The summed E-state index contributed by atoms with van der Waals surface area (Å²) in [6.45, 7) is 10.2. The molecule has 0 saturated heterocycles. The molecule has 0 amide bonds. The van der Waals surface area contributed by atoms with E-state index >= 15 is 0 Å². The van der Waals surface area contributed by atoms with Crippen molar-refractivity contribution in [2.75, 3.05) is 19.8 Å². The van der Waals surface area contributed by atoms with Gasteiger partial charge in [0.1, 0.15) is 11.5 Å². The lowest BCUT2D eigenvalue weighted by Gasteiger charge is -2.15. The number of rotatable bonds is 19. The summed E-state index contributed by atoms with van der Waals surface area (Å²) in [5.74, 6) is 1.93. The van der Waals surface area contributed by atoms with Gasteiger partial charge in [-0.2, -0.15) is 0 Å². The number of unbranched alkanes of at least 4 members (excludes halogenated alkanes) is 9. The van der Waals surface area contributed by atoms with E-state index in [1.807, 2.05) is 0 Å². The van der Waals surface area contributed by atoms with Crippen LogP contribution in [0.15, 0.2) is 18.2 Å². The van der Waals surface area contributed by atoms with Crippen LogP contribution in [0.2, 0.25) is 0 Å². The average molecular weight is 392 g/mol. The molecule has 0 aliphatic heterocycles. The van der Waals surface area contributed by atoms with Crippen molar-refractivity contribution in [1.82, 2.24) is 5.32 Å². The van der Waals surface area contributed by atoms with Gasteiger partial charge >= 0.3 is 0 Å². The van der Waals surface area contributed by atoms with Crippen molar-refractivity contribution < 1.29 is 9.47 Å². The topological polar surface area (TPSA) is 30.5 Å². The van der Waals surface area contributed by atoms with E-state index in [9.17, 15) is 0 Å². The van der Waals surface area contributed by atoms with Crippen molar-refractivity contribution in [3.8, 4) is 11.5 Å². The molecular formula is C25H45NO2. The Bertz CT molecular complexity index is 476. The summed E-state index contributed by atoms with van der Waals surface area (Å²) in [6, 6.07) is 6.35. The summed E-state index contributed by atoms with van der Waals surface area (Å²) >= 11 is 0. The minimum absolute atomic E-state index is 0.798. The first-order chi connectivity index (χ1) is 13.8. The van der Waals surface area contributed by atoms with E-state index in [1.54, 1.807) is 0 Å². The fraction of sp³-hybridized carbons (Fsp3) is 0.760. The Morgan fingerprint density at radius 3 is 1.93 bits per heavy atom. The van der Waals surface area contributed by atoms with Crippen molar-refractivity contribution in [3.05, 3.63) is 23.8 Å². The number of hydrogen-bond donors (Lipinski definition) is 1. The lowest BCUT2D eigenvalue weighted by Crippen LogP contribution is -2.15. The molecule has 0 aromatic heterocycles. The highest BCUT2D eigenvalue weighted by molar-refractivity contribution is 5.40. The van der Waals surface area contributed by atoms with Crippen LogP contribution in [0.3, 0.4) is 0 Å². The van der Waals surface area contributed by atoms with Gasteiger partial charge < -0.3 is 14.8 Å². The fourth-order valence-corrected chi connectivity index (χ4v) is 3.21.